The van der Waals surface area contributed by atoms with Crippen molar-refractivity contribution < 1.29 is 92.1 Å². The fraction of sp³-hybridized carbons (Fsp3) is 0.673. The smallest absolute Gasteiger partial charge is 0.657 e. The SMILES string of the molecule is C1CCC([N-]C2CCCCC2)CC1.C1CCC([N-]C2CCCCC2)CC1.C1CCC([N-]C2CCCCC2)CC1.C[B-](c1c(F)c(F)c(F)c(F)c1F)(c1c(F)c(F)c(F)c(F)c1F)c1c(F)c(F)c(F)c(F)c1F.[Zr+4]. The van der Waals surface area contributed by atoms with Gasteiger partial charge in [-0.05, 0) is 0 Å². The van der Waals surface area contributed by atoms with Crippen molar-refractivity contribution in [1.82, 2.24) is 0 Å². The zero-order chi connectivity index (χ0) is 53.7. The molecule has 3 nitrogen and oxygen atoms in total. The van der Waals surface area contributed by atoms with Gasteiger partial charge in [-0.3, -0.25) is 0 Å². The van der Waals surface area contributed by atoms with Crippen LogP contribution >= 0.6 is 0 Å². The largest absolute Gasteiger partial charge is 4.00 e. The summed E-state index contributed by atoms with van der Waals surface area (Å²) < 4.78 is 212. The Kier molecular flexibility index (Phi) is 25.4. The molecule has 3 aromatic rings. The van der Waals surface area contributed by atoms with Crippen LogP contribution in [0.15, 0.2) is 0 Å². The molecule has 0 radical (unpaired) electrons. The number of hydrogen-bond donors (Lipinski definition) is 0. The molecular formula is C55H69BF15N3Zr. The average Bonchev–Trinajstić information content (AvgIpc) is 3.42. The van der Waals surface area contributed by atoms with E-state index in [1.807, 2.05) is 0 Å². The van der Waals surface area contributed by atoms with Gasteiger partial charge in [0, 0.05) is 0 Å². The number of nitrogens with zero attached hydrogens (tertiary/aromatic N) is 3. The predicted octanol–water partition coefficient (Wildman–Crippen LogP) is 16.9. The molecule has 0 saturated heterocycles. The quantitative estimate of drug-likeness (QED) is 0.0887. The second kappa shape index (κ2) is 30.1. The zero-order valence-corrected chi connectivity index (χ0v) is 45.2. The van der Waals surface area contributed by atoms with E-state index in [2.05, 4.69) is 0 Å². The van der Waals surface area contributed by atoms with Gasteiger partial charge in [-0.2, -0.15) is 6.82 Å². The Hall–Kier alpha value is -2.56. The van der Waals surface area contributed by atoms with Crippen LogP contribution < -0.4 is 16.4 Å². The Balaban J connectivity index is 0.000000211. The molecule has 6 saturated carbocycles. The van der Waals surface area contributed by atoms with E-state index in [9.17, 15) is 65.9 Å². The van der Waals surface area contributed by atoms with Crippen LogP contribution in [0.4, 0.5) is 65.9 Å². The monoisotopic (exact) mass is 1160 g/mol. The van der Waals surface area contributed by atoms with Gasteiger partial charge in [-0.1, -0.05) is 193 Å². The molecule has 75 heavy (non-hydrogen) atoms. The standard InChI is InChI=1S/C19H3BF15.3C12H22N.Zr/c1-20(2-5(21)11(27)17(33)12(28)6(2)22,3-7(23)13(29)18(34)14(30)8(3)24)4-9(25)15(31)19(35)16(32)10(4)26;3*1-3-7-11(8-4-1)13-12-9-5-2-6-10-12;/h1H3;3*11-12H,1-10H2;/q4*-1;+4. The Morgan fingerprint density at radius 2 is 0.347 bits per heavy atom. The van der Waals surface area contributed by atoms with E-state index >= 15 is 0 Å². The first-order valence-electron chi connectivity index (χ1n) is 27.2. The van der Waals surface area contributed by atoms with E-state index in [1.165, 1.54) is 193 Å². The zero-order valence-electron chi connectivity index (χ0n) is 42.8. The van der Waals surface area contributed by atoms with Gasteiger partial charge in [-0.15, -0.1) is 52.6 Å². The molecule has 3 aromatic carbocycles. The van der Waals surface area contributed by atoms with Crippen LogP contribution in [0.1, 0.15) is 193 Å². The first-order chi connectivity index (χ1) is 35.4. The third-order valence-electron chi connectivity index (χ3n) is 16.2. The molecule has 6 fully saturated rings. The summed E-state index contributed by atoms with van der Waals surface area (Å²) >= 11 is 0. The van der Waals surface area contributed by atoms with Crippen molar-refractivity contribution in [1.29, 1.82) is 0 Å². The molecule has 0 aromatic heterocycles. The van der Waals surface area contributed by atoms with Crippen LogP contribution in [0.3, 0.4) is 0 Å². The Labute approximate surface area is 451 Å². The van der Waals surface area contributed by atoms with Crippen molar-refractivity contribution in [3.8, 4) is 0 Å². The Morgan fingerprint density at radius 3 is 0.480 bits per heavy atom. The molecular weight excluding hydrogens is 1090 g/mol. The molecule has 0 spiro atoms. The normalized spacial score (nSPS) is 20.0. The van der Waals surface area contributed by atoms with E-state index in [-0.39, 0.29) is 33.0 Å². The molecule has 6 aliphatic rings. The van der Waals surface area contributed by atoms with E-state index in [0.29, 0.717) is 0 Å². The van der Waals surface area contributed by atoms with Crippen LogP contribution in [0.25, 0.3) is 16.0 Å². The third-order valence-corrected chi connectivity index (χ3v) is 16.2. The van der Waals surface area contributed by atoms with Gasteiger partial charge in [0.15, 0.2) is 52.4 Å². The van der Waals surface area contributed by atoms with E-state index in [4.69, 9.17) is 16.0 Å². The summed E-state index contributed by atoms with van der Waals surface area (Å²) in [5, 5.41) is 15.0. The molecule has 20 heteroatoms. The van der Waals surface area contributed by atoms with E-state index in [0.717, 1.165) is 36.3 Å². The summed E-state index contributed by atoms with van der Waals surface area (Å²) in [6.45, 7) is -0.213. The number of halogens is 15. The summed E-state index contributed by atoms with van der Waals surface area (Å²) in [7, 11) is 0. The van der Waals surface area contributed by atoms with Crippen molar-refractivity contribution in [2.24, 2.45) is 0 Å². The van der Waals surface area contributed by atoms with Crippen LogP contribution in [0.2, 0.25) is 6.82 Å². The van der Waals surface area contributed by atoms with Gasteiger partial charge in [0.1, 0.15) is 41.0 Å². The molecule has 0 aliphatic heterocycles. The summed E-state index contributed by atoms with van der Waals surface area (Å²) in [5.74, 6) is -45.1. The molecule has 416 valence electrons. The maximum absolute atomic E-state index is 14.6. The minimum absolute atomic E-state index is 0. The van der Waals surface area contributed by atoms with Gasteiger partial charge in [0.2, 0.25) is 0 Å². The second-order valence-electron chi connectivity index (χ2n) is 21.4. The molecule has 0 bridgehead atoms. The third kappa shape index (κ3) is 15.8. The van der Waals surface area contributed by atoms with Crippen molar-refractivity contribution in [2.45, 2.75) is 236 Å². The fourth-order valence-electron chi connectivity index (χ4n) is 12.1. The molecule has 6 aliphatic carbocycles. The summed E-state index contributed by atoms with van der Waals surface area (Å²) in [6.07, 6.45) is 37.1. The number of hydrogen-bond acceptors (Lipinski definition) is 0. The van der Waals surface area contributed by atoms with Crippen LogP contribution in [-0.2, 0) is 26.2 Å². The van der Waals surface area contributed by atoms with Crippen LogP contribution in [0, 0.1) is 87.3 Å². The minimum Gasteiger partial charge on any atom is -0.657 e. The predicted molar refractivity (Wildman–Crippen MR) is 261 cm³/mol. The Bertz CT molecular complexity index is 1910. The number of rotatable bonds is 9. The van der Waals surface area contributed by atoms with E-state index in [1.54, 1.807) is 0 Å². The van der Waals surface area contributed by atoms with Crippen molar-refractivity contribution in [3.05, 3.63) is 103 Å². The van der Waals surface area contributed by atoms with Gasteiger partial charge in [0.05, 0.1) is 0 Å². The molecule has 0 N–H and O–H groups in total. The maximum Gasteiger partial charge on any atom is 4.00 e. The molecule has 0 unspecified atom stereocenters. The first kappa shape index (κ1) is 63.3. The van der Waals surface area contributed by atoms with E-state index < -0.39 is 110 Å². The summed E-state index contributed by atoms with van der Waals surface area (Å²) in [6, 6.07) is 4.48. The second-order valence-corrected chi connectivity index (χ2v) is 21.4. The fourth-order valence-corrected chi connectivity index (χ4v) is 12.1. The number of benzene rings is 3. The summed E-state index contributed by atoms with van der Waals surface area (Å²) in [4.78, 5) is 0. The van der Waals surface area contributed by atoms with Crippen LogP contribution in [-0.4, -0.2) is 42.4 Å². The van der Waals surface area contributed by atoms with Crippen LogP contribution in [0.5, 0.6) is 0 Å². The minimum atomic E-state index is -5.41. The molecule has 0 heterocycles. The summed E-state index contributed by atoms with van der Waals surface area (Å²) in [5.41, 5.74) is -7.89. The van der Waals surface area contributed by atoms with Gasteiger partial charge in [-0.25, -0.2) is 65.9 Å². The van der Waals surface area contributed by atoms with Gasteiger partial charge in [0.25, 0.3) is 0 Å². The van der Waals surface area contributed by atoms with Gasteiger partial charge >= 0.3 is 26.2 Å². The van der Waals surface area contributed by atoms with Crippen molar-refractivity contribution >= 4 is 22.5 Å². The molecule has 9 rings (SSSR count). The van der Waals surface area contributed by atoms with Crippen molar-refractivity contribution in [3.63, 3.8) is 0 Å². The topological polar surface area (TPSA) is 42.3 Å². The molecule has 0 atom stereocenters. The Morgan fingerprint density at radius 1 is 0.227 bits per heavy atom. The average molecular weight is 1160 g/mol. The maximum atomic E-state index is 14.6. The van der Waals surface area contributed by atoms with Gasteiger partial charge < -0.3 is 16.0 Å². The first-order valence-corrected chi connectivity index (χ1v) is 27.2. The van der Waals surface area contributed by atoms with Crippen molar-refractivity contribution in [2.75, 3.05) is 0 Å². The molecule has 0 amide bonds.